The Morgan fingerprint density at radius 1 is 1.24 bits per heavy atom. The number of hydrogen-bond donors (Lipinski definition) is 0. The molecule has 2 aromatic rings. The van der Waals surface area contributed by atoms with Gasteiger partial charge < -0.3 is 9.47 Å². The van der Waals surface area contributed by atoms with Gasteiger partial charge in [0.05, 0.1) is 13.2 Å². The maximum Gasteiger partial charge on any atom is 0.415 e. The molecule has 0 radical (unpaired) electrons. The lowest BCUT2D eigenvalue weighted by Gasteiger charge is -2.22. The van der Waals surface area contributed by atoms with Crippen molar-refractivity contribution in [1.29, 1.82) is 0 Å². The smallest absolute Gasteiger partial charge is 0.415 e. The molecule has 1 aliphatic heterocycles. The highest BCUT2D eigenvalue weighted by molar-refractivity contribution is 6.30. The van der Waals surface area contributed by atoms with E-state index in [2.05, 4.69) is 0 Å². The fourth-order valence-electron chi connectivity index (χ4n) is 2.40. The van der Waals surface area contributed by atoms with Crippen molar-refractivity contribution in [3.63, 3.8) is 0 Å². The topological polar surface area (TPSA) is 38.8 Å². The molecule has 0 N–H and O–H groups in total. The minimum atomic E-state index is -0.356. The summed E-state index contributed by atoms with van der Waals surface area (Å²) in [5, 5.41) is 0.629. The van der Waals surface area contributed by atoms with Crippen LogP contribution in [0.3, 0.4) is 0 Å². The number of methoxy groups -OCH3 is 1. The monoisotopic (exact) mass is 303 g/mol. The van der Waals surface area contributed by atoms with Gasteiger partial charge in [0.1, 0.15) is 12.4 Å². The van der Waals surface area contributed by atoms with Gasteiger partial charge in [0.15, 0.2) is 0 Å². The molecule has 0 spiro atoms. The molecule has 1 saturated heterocycles. The molecular weight excluding hydrogens is 290 g/mol. The van der Waals surface area contributed by atoms with Crippen molar-refractivity contribution >= 4 is 23.4 Å². The molecule has 1 heterocycles. The first-order valence-corrected chi connectivity index (χ1v) is 6.92. The van der Waals surface area contributed by atoms with Crippen LogP contribution in [0.5, 0.6) is 5.75 Å². The average molecular weight is 304 g/mol. The minimum absolute atomic E-state index is 0.172. The highest BCUT2D eigenvalue weighted by atomic mass is 35.5. The van der Waals surface area contributed by atoms with E-state index in [-0.39, 0.29) is 12.1 Å². The summed E-state index contributed by atoms with van der Waals surface area (Å²) in [5.41, 5.74) is 1.73. The van der Waals surface area contributed by atoms with E-state index in [9.17, 15) is 4.79 Å². The molecule has 1 amide bonds. The van der Waals surface area contributed by atoms with Gasteiger partial charge in [0, 0.05) is 10.7 Å². The Hall–Kier alpha value is -2.20. The van der Waals surface area contributed by atoms with Gasteiger partial charge in [-0.05, 0) is 42.0 Å². The zero-order valence-electron chi connectivity index (χ0n) is 11.5. The molecule has 0 aliphatic carbocycles. The van der Waals surface area contributed by atoms with Gasteiger partial charge in [-0.3, -0.25) is 4.90 Å². The molecule has 1 unspecified atom stereocenters. The van der Waals surface area contributed by atoms with Crippen molar-refractivity contribution in [1.82, 2.24) is 0 Å². The Morgan fingerprint density at radius 3 is 2.71 bits per heavy atom. The molecule has 3 rings (SSSR count). The zero-order chi connectivity index (χ0) is 14.8. The van der Waals surface area contributed by atoms with Gasteiger partial charge >= 0.3 is 6.09 Å². The van der Waals surface area contributed by atoms with Crippen molar-refractivity contribution in [2.75, 3.05) is 18.6 Å². The Bertz CT molecular complexity index is 657. The minimum Gasteiger partial charge on any atom is -0.497 e. The predicted octanol–water partition coefficient (Wildman–Crippen LogP) is 4.05. The molecule has 0 aromatic heterocycles. The summed E-state index contributed by atoms with van der Waals surface area (Å²) in [6.45, 7) is 0.314. The molecule has 1 aliphatic rings. The van der Waals surface area contributed by atoms with Gasteiger partial charge in [0.25, 0.3) is 0 Å². The molecule has 108 valence electrons. The number of halogens is 1. The summed E-state index contributed by atoms with van der Waals surface area (Å²) in [7, 11) is 1.62. The van der Waals surface area contributed by atoms with E-state index in [1.807, 2.05) is 36.4 Å². The number of amides is 1. The van der Waals surface area contributed by atoms with E-state index >= 15 is 0 Å². The van der Waals surface area contributed by atoms with Crippen LogP contribution in [0.2, 0.25) is 5.02 Å². The summed E-state index contributed by atoms with van der Waals surface area (Å²) in [5.74, 6) is 0.753. The number of nitrogens with zero attached hydrogens (tertiary/aromatic N) is 1. The second kappa shape index (κ2) is 5.66. The molecule has 1 atom stereocenters. The van der Waals surface area contributed by atoms with E-state index in [0.717, 1.165) is 17.0 Å². The van der Waals surface area contributed by atoms with Gasteiger partial charge in [-0.1, -0.05) is 23.7 Å². The first-order valence-electron chi connectivity index (χ1n) is 6.54. The molecule has 0 bridgehead atoms. The number of anilines is 1. The van der Waals surface area contributed by atoms with E-state index in [4.69, 9.17) is 21.1 Å². The average Bonchev–Trinajstić information content (AvgIpc) is 2.90. The Balaban J connectivity index is 1.97. The summed E-state index contributed by atoms with van der Waals surface area (Å²) in [6, 6.07) is 14.6. The van der Waals surface area contributed by atoms with E-state index < -0.39 is 0 Å². The van der Waals surface area contributed by atoms with Crippen LogP contribution in [0.4, 0.5) is 10.5 Å². The third kappa shape index (κ3) is 2.67. The molecule has 21 heavy (non-hydrogen) atoms. The van der Waals surface area contributed by atoms with E-state index in [1.54, 1.807) is 24.1 Å². The number of carbonyl (C=O) groups excluding carboxylic acids is 1. The van der Waals surface area contributed by atoms with Crippen LogP contribution < -0.4 is 9.64 Å². The van der Waals surface area contributed by atoms with Crippen LogP contribution in [-0.4, -0.2) is 19.8 Å². The van der Waals surface area contributed by atoms with Crippen LogP contribution >= 0.6 is 11.6 Å². The number of cyclic esters (lactones) is 1. The normalized spacial score (nSPS) is 17.7. The largest absolute Gasteiger partial charge is 0.497 e. The number of hydrogen-bond acceptors (Lipinski definition) is 3. The van der Waals surface area contributed by atoms with Gasteiger partial charge in [-0.15, -0.1) is 0 Å². The molecule has 1 fully saturated rings. The highest BCUT2D eigenvalue weighted by Gasteiger charge is 2.35. The highest BCUT2D eigenvalue weighted by Crippen LogP contribution is 2.34. The van der Waals surface area contributed by atoms with E-state index in [1.165, 1.54) is 0 Å². The zero-order valence-corrected chi connectivity index (χ0v) is 12.2. The van der Waals surface area contributed by atoms with Crippen LogP contribution in [0, 0.1) is 0 Å². The fourth-order valence-corrected chi connectivity index (χ4v) is 2.53. The van der Waals surface area contributed by atoms with Gasteiger partial charge in [-0.2, -0.15) is 0 Å². The molecule has 5 heteroatoms. The Morgan fingerprint density at radius 2 is 2.00 bits per heavy atom. The lowest BCUT2D eigenvalue weighted by molar-refractivity contribution is 0.179. The standard InChI is InChI=1S/C16H14ClNO3/c1-20-14-4-2-3-11(9-14)15-10-21-16(19)18(15)13-7-5-12(17)6-8-13/h2-9,15H,10H2,1H3. The third-order valence-corrected chi connectivity index (χ3v) is 3.71. The van der Waals surface area contributed by atoms with Crippen molar-refractivity contribution in [3.8, 4) is 5.75 Å². The van der Waals surface area contributed by atoms with Crippen LogP contribution in [0.25, 0.3) is 0 Å². The Labute approximate surface area is 127 Å². The molecule has 4 nitrogen and oxygen atoms in total. The first-order chi connectivity index (χ1) is 10.2. The number of rotatable bonds is 3. The van der Waals surface area contributed by atoms with Crippen LogP contribution in [-0.2, 0) is 4.74 Å². The number of benzene rings is 2. The third-order valence-electron chi connectivity index (χ3n) is 3.46. The fraction of sp³-hybridized carbons (Fsp3) is 0.188. The lowest BCUT2D eigenvalue weighted by Crippen LogP contribution is -2.27. The maximum atomic E-state index is 12.0. The molecule has 0 saturated carbocycles. The van der Waals surface area contributed by atoms with Crippen molar-refractivity contribution in [2.45, 2.75) is 6.04 Å². The summed E-state index contributed by atoms with van der Waals surface area (Å²) in [4.78, 5) is 13.7. The lowest BCUT2D eigenvalue weighted by atomic mass is 10.1. The van der Waals surface area contributed by atoms with Crippen molar-refractivity contribution < 1.29 is 14.3 Å². The second-order valence-electron chi connectivity index (χ2n) is 4.72. The van der Waals surface area contributed by atoms with Crippen LogP contribution in [0.15, 0.2) is 48.5 Å². The Kier molecular flexibility index (Phi) is 3.71. The number of ether oxygens (including phenoxy) is 2. The van der Waals surface area contributed by atoms with Crippen molar-refractivity contribution in [3.05, 3.63) is 59.1 Å². The number of carbonyl (C=O) groups is 1. The van der Waals surface area contributed by atoms with Gasteiger partial charge in [-0.25, -0.2) is 4.79 Å². The predicted molar refractivity (Wildman–Crippen MR) is 81.0 cm³/mol. The first kappa shape index (κ1) is 13.8. The quantitative estimate of drug-likeness (QED) is 0.858. The molecular formula is C16H14ClNO3. The van der Waals surface area contributed by atoms with Crippen LogP contribution in [0.1, 0.15) is 11.6 Å². The molecule has 2 aromatic carbocycles. The maximum absolute atomic E-state index is 12.0. The summed E-state index contributed by atoms with van der Waals surface area (Å²) in [6.07, 6.45) is -0.356. The summed E-state index contributed by atoms with van der Waals surface area (Å²) < 4.78 is 10.4. The van der Waals surface area contributed by atoms with E-state index in [0.29, 0.717) is 11.6 Å². The summed E-state index contributed by atoms with van der Waals surface area (Å²) >= 11 is 5.90. The SMILES string of the molecule is COc1cccc(C2COC(=O)N2c2ccc(Cl)cc2)c1. The van der Waals surface area contributed by atoms with Gasteiger partial charge in [0.2, 0.25) is 0 Å². The van der Waals surface area contributed by atoms with Crippen molar-refractivity contribution in [2.24, 2.45) is 0 Å². The second-order valence-corrected chi connectivity index (χ2v) is 5.15.